The van der Waals surface area contributed by atoms with E-state index in [0.29, 0.717) is 12.0 Å². The largest absolute Gasteiger partial charge is 0.368 e. The highest BCUT2D eigenvalue weighted by Crippen LogP contribution is 2.21. The maximum absolute atomic E-state index is 5.59. The van der Waals surface area contributed by atoms with Gasteiger partial charge in [0.05, 0.1) is 4.47 Å². The molecule has 1 aromatic rings. The van der Waals surface area contributed by atoms with Gasteiger partial charge in [-0.25, -0.2) is 4.98 Å². The van der Waals surface area contributed by atoms with Gasteiger partial charge in [0.1, 0.15) is 5.82 Å². The normalized spacial score (nSPS) is 13.1. The van der Waals surface area contributed by atoms with Crippen molar-refractivity contribution >= 4 is 27.7 Å². The molecule has 0 aliphatic heterocycles. The summed E-state index contributed by atoms with van der Waals surface area (Å²) in [5.41, 5.74) is 5.59. The zero-order valence-corrected chi connectivity index (χ0v) is 12.3. The third-order valence-corrected chi connectivity index (χ3v) is 3.03. The summed E-state index contributed by atoms with van der Waals surface area (Å²) in [4.78, 5) is 10.3. The Hall–Kier alpha value is -0.880. The Labute approximate surface area is 111 Å². The molecule has 5 nitrogen and oxygen atoms in total. The van der Waals surface area contributed by atoms with Crippen molar-refractivity contribution in [3.63, 3.8) is 0 Å². The molecule has 1 heterocycles. The Morgan fingerprint density at radius 2 is 2.12 bits per heavy atom. The van der Waals surface area contributed by atoms with E-state index in [1.165, 1.54) is 0 Å². The van der Waals surface area contributed by atoms with Gasteiger partial charge in [0.25, 0.3) is 0 Å². The Morgan fingerprint density at radius 3 is 2.65 bits per heavy atom. The number of nitrogen functional groups attached to an aromatic ring is 1. The van der Waals surface area contributed by atoms with Crippen LogP contribution in [0.4, 0.5) is 11.8 Å². The fourth-order valence-corrected chi connectivity index (χ4v) is 1.78. The number of nitrogens with one attached hydrogen (secondary N) is 1. The van der Waals surface area contributed by atoms with Gasteiger partial charge in [-0.1, -0.05) is 13.8 Å². The standard InChI is InChI=1S/C11H20BrN5/c1-7(2)9(6-17(3)4)15-10-8(12)5-14-11(13)16-10/h5,7,9H,6H2,1-4H3,(H3,13,14,15,16). The molecular formula is C11H20BrN5. The second kappa shape index (κ2) is 6.16. The Bertz CT molecular complexity index is 367. The van der Waals surface area contributed by atoms with Crippen molar-refractivity contribution < 1.29 is 0 Å². The van der Waals surface area contributed by atoms with Gasteiger partial charge >= 0.3 is 0 Å². The third-order valence-electron chi connectivity index (χ3n) is 2.45. The summed E-state index contributed by atoms with van der Waals surface area (Å²) in [5, 5.41) is 3.40. The van der Waals surface area contributed by atoms with Crippen LogP contribution in [0.15, 0.2) is 10.7 Å². The number of likely N-dealkylation sites (N-methyl/N-ethyl adjacent to an activating group) is 1. The first-order chi connectivity index (χ1) is 7.90. The van der Waals surface area contributed by atoms with Crippen molar-refractivity contribution in [3.05, 3.63) is 10.7 Å². The highest BCUT2D eigenvalue weighted by Gasteiger charge is 2.16. The molecule has 0 radical (unpaired) electrons. The first kappa shape index (κ1) is 14.2. The van der Waals surface area contributed by atoms with E-state index in [2.05, 4.69) is 64.1 Å². The van der Waals surface area contributed by atoms with Crippen LogP contribution < -0.4 is 11.1 Å². The number of anilines is 2. The number of nitrogens with two attached hydrogens (primary N) is 1. The van der Waals surface area contributed by atoms with Crippen molar-refractivity contribution in [3.8, 4) is 0 Å². The van der Waals surface area contributed by atoms with E-state index in [9.17, 15) is 0 Å². The average molecular weight is 302 g/mol. The second-order valence-corrected chi connectivity index (χ2v) is 5.54. The first-order valence-corrected chi connectivity index (χ1v) is 6.38. The molecule has 96 valence electrons. The van der Waals surface area contributed by atoms with Crippen molar-refractivity contribution in [2.24, 2.45) is 5.92 Å². The van der Waals surface area contributed by atoms with Crippen LogP contribution >= 0.6 is 15.9 Å². The zero-order chi connectivity index (χ0) is 13.0. The quantitative estimate of drug-likeness (QED) is 0.868. The minimum atomic E-state index is 0.281. The van der Waals surface area contributed by atoms with Crippen LogP contribution in [0.3, 0.4) is 0 Å². The molecule has 3 N–H and O–H groups in total. The molecule has 0 saturated carbocycles. The van der Waals surface area contributed by atoms with Crippen molar-refractivity contribution in [1.82, 2.24) is 14.9 Å². The minimum absolute atomic E-state index is 0.281. The molecule has 0 aliphatic carbocycles. The van der Waals surface area contributed by atoms with Gasteiger partial charge in [-0.15, -0.1) is 0 Å². The summed E-state index contributed by atoms with van der Waals surface area (Å²) in [6.45, 7) is 5.30. The lowest BCUT2D eigenvalue weighted by atomic mass is 10.0. The predicted octanol–water partition coefficient (Wildman–Crippen LogP) is 1.82. The molecule has 1 unspecified atom stereocenters. The summed E-state index contributed by atoms with van der Waals surface area (Å²) in [7, 11) is 4.11. The van der Waals surface area contributed by atoms with E-state index < -0.39 is 0 Å². The Morgan fingerprint density at radius 1 is 1.47 bits per heavy atom. The molecule has 0 spiro atoms. The predicted molar refractivity (Wildman–Crippen MR) is 74.9 cm³/mol. The topological polar surface area (TPSA) is 67.1 Å². The number of hydrogen-bond acceptors (Lipinski definition) is 5. The number of halogens is 1. The van der Waals surface area contributed by atoms with E-state index in [0.717, 1.165) is 16.8 Å². The average Bonchev–Trinajstić information content (AvgIpc) is 2.21. The molecular weight excluding hydrogens is 282 g/mol. The summed E-state index contributed by atoms with van der Waals surface area (Å²) in [6.07, 6.45) is 1.66. The van der Waals surface area contributed by atoms with Crippen LogP contribution in [0.5, 0.6) is 0 Å². The van der Waals surface area contributed by atoms with Gasteiger partial charge in [0.15, 0.2) is 0 Å². The van der Waals surface area contributed by atoms with Gasteiger partial charge < -0.3 is 16.0 Å². The van der Waals surface area contributed by atoms with Gasteiger partial charge in [-0.3, -0.25) is 0 Å². The smallest absolute Gasteiger partial charge is 0.221 e. The maximum atomic E-state index is 5.59. The molecule has 0 bridgehead atoms. The van der Waals surface area contributed by atoms with Crippen molar-refractivity contribution in [2.75, 3.05) is 31.7 Å². The van der Waals surface area contributed by atoms with Gasteiger partial charge in [-0.05, 0) is 35.9 Å². The monoisotopic (exact) mass is 301 g/mol. The van der Waals surface area contributed by atoms with Crippen LogP contribution in [0.25, 0.3) is 0 Å². The Balaban J connectivity index is 2.81. The summed E-state index contributed by atoms with van der Waals surface area (Å²) < 4.78 is 0.830. The fraction of sp³-hybridized carbons (Fsp3) is 0.636. The van der Waals surface area contributed by atoms with Crippen LogP contribution in [-0.2, 0) is 0 Å². The van der Waals surface area contributed by atoms with Crippen molar-refractivity contribution in [1.29, 1.82) is 0 Å². The molecule has 0 amide bonds. The van der Waals surface area contributed by atoms with E-state index in [1.54, 1.807) is 6.20 Å². The minimum Gasteiger partial charge on any atom is -0.368 e. The van der Waals surface area contributed by atoms with E-state index in [-0.39, 0.29) is 5.95 Å². The highest BCUT2D eigenvalue weighted by atomic mass is 79.9. The van der Waals surface area contributed by atoms with Crippen LogP contribution in [0.2, 0.25) is 0 Å². The highest BCUT2D eigenvalue weighted by molar-refractivity contribution is 9.10. The van der Waals surface area contributed by atoms with E-state index in [1.807, 2.05) is 0 Å². The van der Waals surface area contributed by atoms with Crippen molar-refractivity contribution in [2.45, 2.75) is 19.9 Å². The summed E-state index contributed by atoms with van der Waals surface area (Å²) in [6, 6.07) is 0.315. The Kier molecular flexibility index (Phi) is 5.14. The molecule has 0 aliphatic rings. The molecule has 0 saturated heterocycles. The number of rotatable bonds is 5. The molecule has 17 heavy (non-hydrogen) atoms. The van der Waals surface area contributed by atoms with Crippen LogP contribution in [0.1, 0.15) is 13.8 Å². The first-order valence-electron chi connectivity index (χ1n) is 5.59. The van der Waals surface area contributed by atoms with Gasteiger partial charge in [0.2, 0.25) is 5.95 Å². The third kappa shape index (κ3) is 4.47. The van der Waals surface area contributed by atoms with Gasteiger partial charge in [-0.2, -0.15) is 4.98 Å². The molecule has 6 heteroatoms. The van der Waals surface area contributed by atoms with Crippen LogP contribution in [0, 0.1) is 5.92 Å². The lowest BCUT2D eigenvalue weighted by Crippen LogP contribution is -2.36. The fourth-order valence-electron chi connectivity index (χ4n) is 1.47. The molecule has 1 rings (SSSR count). The molecule has 1 atom stereocenters. The zero-order valence-electron chi connectivity index (χ0n) is 10.7. The van der Waals surface area contributed by atoms with Gasteiger partial charge in [0, 0.05) is 18.8 Å². The van der Waals surface area contributed by atoms with E-state index >= 15 is 0 Å². The molecule has 1 aromatic heterocycles. The summed E-state index contributed by atoms with van der Waals surface area (Å²) in [5.74, 6) is 1.53. The maximum Gasteiger partial charge on any atom is 0.221 e. The molecule has 0 fully saturated rings. The second-order valence-electron chi connectivity index (χ2n) is 4.68. The number of aromatic nitrogens is 2. The molecule has 0 aromatic carbocycles. The summed E-state index contributed by atoms with van der Waals surface area (Å²) >= 11 is 3.42. The number of nitrogens with zero attached hydrogens (tertiary/aromatic N) is 3. The lowest BCUT2D eigenvalue weighted by Gasteiger charge is -2.26. The van der Waals surface area contributed by atoms with E-state index in [4.69, 9.17) is 5.73 Å². The number of hydrogen-bond donors (Lipinski definition) is 2. The van der Waals surface area contributed by atoms with Crippen LogP contribution in [-0.4, -0.2) is 41.5 Å². The lowest BCUT2D eigenvalue weighted by molar-refractivity contribution is 0.344. The SMILES string of the molecule is CC(C)C(CN(C)C)Nc1nc(N)ncc1Br.